The van der Waals surface area contributed by atoms with Crippen LogP contribution in [0.25, 0.3) is 0 Å². The van der Waals surface area contributed by atoms with Crippen molar-refractivity contribution in [3.05, 3.63) is 28.8 Å². The van der Waals surface area contributed by atoms with E-state index in [1.807, 2.05) is 0 Å². The molecular weight excluding hydrogens is 296 g/mol. The van der Waals surface area contributed by atoms with Crippen molar-refractivity contribution < 1.29 is 4.74 Å². The predicted molar refractivity (Wildman–Crippen MR) is 101 cm³/mol. The Kier molecular flexibility index (Phi) is 6.18. The third-order valence-electron chi connectivity index (χ3n) is 5.75. The number of likely N-dealkylation sites (N-methyl/N-ethyl adjacent to an activating group) is 1. The van der Waals surface area contributed by atoms with E-state index >= 15 is 0 Å². The summed E-state index contributed by atoms with van der Waals surface area (Å²) >= 11 is 0. The summed E-state index contributed by atoms with van der Waals surface area (Å²) in [7, 11) is 0. The van der Waals surface area contributed by atoms with Gasteiger partial charge in [0, 0.05) is 24.7 Å². The minimum atomic E-state index is 0.697. The smallest absolute Gasteiger partial charge is 0.124 e. The zero-order valence-electron chi connectivity index (χ0n) is 15.8. The minimum Gasteiger partial charge on any atom is -0.494 e. The van der Waals surface area contributed by atoms with Crippen LogP contribution in [0.1, 0.15) is 63.1 Å². The molecule has 0 spiro atoms. The first-order valence-corrected chi connectivity index (χ1v) is 9.99. The van der Waals surface area contributed by atoms with Crippen LogP contribution in [0.4, 0.5) is 0 Å². The minimum absolute atomic E-state index is 0.697. The van der Waals surface area contributed by atoms with Gasteiger partial charge in [0.2, 0.25) is 0 Å². The second kappa shape index (κ2) is 8.35. The highest BCUT2D eigenvalue weighted by Crippen LogP contribution is 2.32. The van der Waals surface area contributed by atoms with Gasteiger partial charge in [-0.05, 0) is 69.4 Å². The maximum absolute atomic E-state index is 6.02. The first kappa shape index (κ1) is 17.8. The highest BCUT2D eigenvalue weighted by Gasteiger charge is 2.25. The molecule has 1 fully saturated rings. The highest BCUT2D eigenvalue weighted by molar-refractivity contribution is 5.44. The zero-order valence-corrected chi connectivity index (χ0v) is 15.8. The number of hydrogen-bond donors (Lipinski definition) is 0. The van der Waals surface area contributed by atoms with E-state index in [2.05, 4.69) is 42.7 Å². The Hall–Kier alpha value is -1.06. The molecule has 24 heavy (non-hydrogen) atoms. The number of hydrogen-bond acceptors (Lipinski definition) is 3. The molecule has 134 valence electrons. The Labute approximate surface area is 148 Å². The Bertz CT molecular complexity index is 537. The van der Waals surface area contributed by atoms with Gasteiger partial charge in [-0.15, -0.1) is 0 Å². The van der Waals surface area contributed by atoms with E-state index in [1.54, 1.807) is 5.56 Å². The quantitative estimate of drug-likeness (QED) is 0.776. The van der Waals surface area contributed by atoms with Crippen LogP contribution in [0, 0.1) is 0 Å². The van der Waals surface area contributed by atoms with Crippen LogP contribution in [-0.2, 0) is 19.5 Å². The maximum Gasteiger partial charge on any atom is 0.124 e. The maximum atomic E-state index is 6.02. The Morgan fingerprint density at radius 3 is 2.50 bits per heavy atom. The molecule has 0 aliphatic carbocycles. The second-order valence-corrected chi connectivity index (χ2v) is 7.33. The van der Waals surface area contributed by atoms with E-state index in [-0.39, 0.29) is 0 Å². The van der Waals surface area contributed by atoms with E-state index in [0.29, 0.717) is 6.04 Å². The molecular formula is C21H34N2O. The van der Waals surface area contributed by atoms with Crippen LogP contribution >= 0.6 is 0 Å². The van der Waals surface area contributed by atoms with Crippen molar-refractivity contribution in [2.24, 2.45) is 0 Å². The fourth-order valence-corrected chi connectivity index (χ4v) is 4.33. The van der Waals surface area contributed by atoms with Gasteiger partial charge in [0.1, 0.15) is 5.75 Å². The van der Waals surface area contributed by atoms with Gasteiger partial charge in [0.25, 0.3) is 0 Å². The summed E-state index contributed by atoms with van der Waals surface area (Å²) < 4.78 is 6.02. The van der Waals surface area contributed by atoms with Crippen molar-refractivity contribution in [2.75, 3.05) is 26.2 Å². The number of nitrogens with zero attached hydrogens (tertiary/aromatic N) is 2. The van der Waals surface area contributed by atoms with Gasteiger partial charge in [0.15, 0.2) is 0 Å². The summed E-state index contributed by atoms with van der Waals surface area (Å²) in [6.45, 7) is 13.2. The van der Waals surface area contributed by atoms with Crippen molar-refractivity contribution in [1.82, 2.24) is 9.80 Å². The molecule has 1 aromatic rings. The number of ether oxygens (including phenoxy) is 1. The average Bonchev–Trinajstić information content (AvgIpc) is 2.62. The van der Waals surface area contributed by atoms with E-state index < -0.39 is 0 Å². The first-order valence-electron chi connectivity index (χ1n) is 9.99. The van der Waals surface area contributed by atoms with Gasteiger partial charge < -0.3 is 4.74 Å². The molecule has 1 saturated heterocycles. The van der Waals surface area contributed by atoms with Gasteiger partial charge >= 0.3 is 0 Å². The van der Waals surface area contributed by atoms with Crippen molar-refractivity contribution in [3.63, 3.8) is 0 Å². The van der Waals surface area contributed by atoms with Crippen LogP contribution in [-0.4, -0.2) is 42.1 Å². The normalized spacial score (nSPS) is 22.4. The molecule has 2 aliphatic rings. The van der Waals surface area contributed by atoms with Gasteiger partial charge in [0.05, 0.1) is 6.61 Å². The number of benzene rings is 1. The molecule has 1 atom stereocenters. The molecule has 1 aromatic carbocycles. The summed E-state index contributed by atoms with van der Waals surface area (Å²) in [5.74, 6) is 1.12. The summed E-state index contributed by atoms with van der Waals surface area (Å²) in [6.07, 6.45) is 6.52. The number of piperidine rings is 1. The molecule has 1 unspecified atom stereocenters. The lowest BCUT2D eigenvalue weighted by molar-refractivity contribution is 0.175. The molecule has 2 heterocycles. The third kappa shape index (κ3) is 3.94. The first-order chi connectivity index (χ1) is 11.7. The van der Waals surface area contributed by atoms with Crippen molar-refractivity contribution in [1.29, 1.82) is 0 Å². The lowest BCUT2D eigenvalue weighted by atomic mass is 9.90. The summed E-state index contributed by atoms with van der Waals surface area (Å²) in [5, 5.41) is 0. The van der Waals surface area contributed by atoms with E-state index in [0.717, 1.165) is 32.0 Å². The molecule has 2 aliphatic heterocycles. The highest BCUT2D eigenvalue weighted by atomic mass is 16.5. The predicted octanol–water partition coefficient (Wildman–Crippen LogP) is 4.23. The second-order valence-electron chi connectivity index (χ2n) is 7.33. The summed E-state index contributed by atoms with van der Waals surface area (Å²) in [5.41, 5.74) is 4.44. The number of likely N-dealkylation sites (tertiary alicyclic amines) is 1. The zero-order chi connectivity index (χ0) is 16.9. The van der Waals surface area contributed by atoms with E-state index in [1.165, 1.54) is 56.3 Å². The van der Waals surface area contributed by atoms with Crippen LogP contribution in [0.3, 0.4) is 0 Å². The molecule has 0 radical (unpaired) electrons. The van der Waals surface area contributed by atoms with Crippen molar-refractivity contribution in [2.45, 2.75) is 72.0 Å². The molecule has 0 saturated carbocycles. The molecule has 3 heteroatoms. The Morgan fingerprint density at radius 1 is 1.04 bits per heavy atom. The Morgan fingerprint density at radius 2 is 1.83 bits per heavy atom. The standard InChI is InChI=1S/C21H34N2O/c1-4-20-13-17-12-19(15-22-10-8-7-9-11-22)21(24-6-3)14-18(17)16-23(20)5-2/h12,14,20H,4-11,13,15-16H2,1-3H3. The lowest BCUT2D eigenvalue weighted by Crippen LogP contribution is -2.39. The number of rotatable bonds is 6. The van der Waals surface area contributed by atoms with Crippen LogP contribution in [0.5, 0.6) is 5.75 Å². The molecule has 0 bridgehead atoms. The van der Waals surface area contributed by atoms with Crippen molar-refractivity contribution in [3.8, 4) is 5.75 Å². The molecule has 0 amide bonds. The van der Waals surface area contributed by atoms with Crippen molar-refractivity contribution >= 4 is 0 Å². The molecule has 3 nitrogen and oxygen atoms in total. The SMILES string of the molecule is CCOc1cc2c(cc1CN1CCCCC1)CC(CC)N(CC)C2. The molecule has 3 rings (SSSR count). The largest absolute Gasteiger partial charge is 0.494 e. The van der Waals surface area contributed by atoms with Crippen LogP contribution in [0.15, 0.2) is 12.1 Å². The summed E-state index contributed by atoms with van der Waals surface area (Å²) in [6, 6.07) is 5.50. The Balaban J connectivity index is 1.85. The average molecular weight is 331 g/mol. The molecule has 0 N–H and O–H groups in total. The topological polar surface area (TPSA) is 15.7 Å². The fourth-order valence-electron chi connectivity index (χ4n) is 4.33. The van der Waals surface area contributed by atoms with Gasteiger partial charge in [-0.2, -0.15) is 0 Å². The third-order valence-corrected chi connectivity index (χ3v) is 5.75. The van der Waals surface area contributed by atoms with E-state index in [9.17, 15) is 0 Å². The molecule has 0 aromatic heterocycles. The van der Waals surface area contributed by atoms with Gasteiger partial charge in [-0.25, -0.2) is 0 Å². The van der Waals surface area contributed by atoms with Crippen LogP contribution < -0.4 is 4.74 Å². The monoisotopic (exact) mass is 330 g/mol. The van der Waals surface area contributed by atoms with Crippen LogP contribution in [0.2, 0.25) is 0 Å². The van der Waals surface area contributed by atoms with Gasteiger partial charge in [-0.1, -0.05) is 26.3 Å². The number of fused-ring (bicyclic) bond motifs is 1. The fraction of sp³-hybridized carbons (Fsp3) is 0.714. The lowest BCUT2D eigenvalue weighted by Gasteiger charge is -2.36. The van der Waals surface area contributed by atoms with E-state index in [4.69, 9.17) is 4.74 Å². The van der Waals surface area contributed by atoms with Gasteiger partial charge in [-0.3, -0.25) is 9.80 Å². The summed E-state index contributed by atoms with van der Waals surface area (Å²) in [4.78, 5) is 5.22.